The minimum absolute atomic E-state index is 0.119. The van der Waals surface area contributed by atoms with Gasteiger partial charge in [0.25, 0.3) is 5.91 Å². The molecule has 8 nitrogen and oxygen atoms in total. The molecule has 0 saturated heterocycles. The van der Waals surface area contributed by atoms with Gasteiger partial charge in [-0.15, -0.1) is 0 Å². The number of aromatic nitrogens is 4. The largest absolute Gasteiger partial charge is 0.324 e. The smallest absolute Gasteiger partial charge is 0.274 e. The molecule has 0 bridgehead atoms. The SMILES string of the molecule is CC(C)c1ccn(-c2nc(Nc3ccc(CCONC(=O)c4ccccc4)c(F)c3)ncc2Cl)n1. The molecule has 180 valence electrons. The Hall–Kier alpha value is -3.82. The van der Waals surface area contributed by atoms with Crippen LogP contribution >= 0.6 is 11.6 Å². The van der Waals surface area contributed by atoms with Crippen molar-refractivity contribution >= 4 is 29.1 Å². The highest BCUT2D eigenvalue weighted by Crippen LogP contribution is 2.23. The third kappa shape index (κ3) is 6.20. The van der Waals surface area contributed by atoms with Crippen LogP contribution in [-0.4, -0.2) is 32.3 Å². The van der Waals surface area contributed by atoms with Crippen molar-refractivity contribution in [1.82, 2.24) is 25.2 Å². The Bertz CT molecular complexity index is 1310. The van der Waals surface area contributed by atoms with E-state index in [1.807, 2.05) is 26.0 Å². The highest BCUT2D eigenvalue weighted by molar-refractivity contribution is 6.32. The van der Waals surface area contributed by atoms with Gasteiger partial charge in [-0.25, -0.2) is 19.5 Å². The van der Waals surface area contributed by atoms with E-state index in [-0.39, 0.29) is 30.8 Å². The lowest BCUT2D eigenvalue weighted by Gasteiger charge is -2.10. The molecule has 35 heavy (non-hydrogen) atoms. The molecule has 0 spiro atoms. The van der Waals surface area contributed by atoms with Gasteiger partial charge in [0.2, 0.25) is 5.95 Å². The standard InChI is InChI=1S/C25H24ClFN6O2/c1-16(2)22-10-12-33(31-22)23-20(26)15-28-25(30-23)29-19-9-8-17(21(27)14-19)11-13-35-32-24(34)18-6-4-3-5-7-18/h3-10,12,14-16H,11,13H2,1-2H3,(H,32,34)(H,28,29,30). The van der Waals surface area contributed by atoms with E-state index in [2.05, 4.69) is 25.9 Å². The molecule has 0 radical (unpaired) electrons. The maximum atomic E-state index is 14.6. The second kappa shape index (κ2) is 11.1. The summed E-state index contributed by atoms with van der Waals surface area (Å²) in [7, 11) is 0. The van der Waals surface area contributed by atoms with Crippen LogP contribution in [-0.2, 0) is 11.3 Å². The number of halogens is 2. The van der Waals surface area contributed by atoms with Crippen LogP contribution in [0.2, 0.25) is 5.02 Å². The fraction of sp³-hybridized carbons (Fsp3) is 0.200. The van der Waals surface area contributed by atoms with Crippen LogP contribution in [0, 0.1) is 5.82 Å². The summed E-state index contributed by atoms with van der Waals surface area (Å²) in [6.45, 7) is 4.22. The maximum Gasteiger partial charge on any atom is 0.274 e. The Kier molecular flexibility index (Phi) is 7.69. The lowest BCUT2D eigenvalue weighted by molar-refractivity contribution is 0.0322. The number of hydrogen-bond donors (Lipinski definition) is 2. The highest BCUT2D eigenvalue weighted by Gasteiger charge is 2.12. The third-order valence-corrected chi connectivity index (χ3v) is 5.39. The average molecular weight is 495 g/mol. The first-order valence-corrected chi connectivity index (χ1v) is 11.4. The molecule has 0 fully saturated rings. The predicted octanol–water partition coefficient (Wildman–Crippen LogP) is 5.23. The molecule has 4 rings (SSSR count). The van der Waals surface area contributed by atoms with E-state index in [1.54, 1.807) is 47.3 Å². The summed E-state index contributed by atoms with van der Waals surface area (Å²) in [5, 5.41) is 7.83. The number of anilines is 2. The van der Waals surface area contributed by atoms with Gasteiger partial charge in [0.1, 0.15) is 10.8 Å². The number of benzene rings is 2. The second-order valence-electron chi connectivity index (χ2n) is 8.03. The Morgan fingerprint density at radius 1 is 1.17 bits per heavy atom. The van der Waals surface area contributed by atoms with Crippen molar-refractivity contribution < 1.29 is 14.0 Å². The first-order chi connectivity index (χ1) is 16.9. The van der Waals surface area contributed by atoms with Crippen LogP contribution in [0.4, 0.5) is 16.0 Å². The zero-order chi connectivity index (χ0) is 24.8. The van der Waals surface area contributed by atoms with Crippen molar-refractivity contribution in [2.75, 3.05) is 11.9 Å². The summed E-state index contributed by atoms with van der Waals surface area (Å²) in [4.78, 5) is 25.8. The normalized spacial score (nSPS) is 11.0. The molecule has 2 heterocycles. The van der Waals surface area contributed by atoms with Crippen LogP contribution in [0.1, 0.15) is 41.4 Å². The lowest BCUT2D eigenvalue weighted by atomic mass is 10.1. The minimum Gasteiger partial charge on any atom is -0.324 e. The summed E-state index contributed by atoms with van der Waals surface area (Å²) < 4.78 is 16.2. The Labute approximate surface area is 207 Å². The molecular weight excluding hydrogens is 471 g/mol. The Morgan fingerprint density at radius 2 is 1.97 bits per heavy atom. The molecule has 0 aliphatic carbocycles. The Balaban J connectivity index is 1.36. The van der Waals surface area contributed by atoms with Crippen molar-refractivity contribution in [2.45, 2.75) is 26.2 Å². The van der Waals surface area contributed by atoms with E-state index < -0.39 is 5.82 Å². The number of hydroxylamine groups is 1. The summed E-state index contributed by atoms with van der Waals surface area (Å²) in [6, 6.07) is 15.3. The van der Waals surface area contributed by atoms with E-state index >= 15 is 0 Å². The fourth-order valence-electron chi connectivity index (χ4n) is 3.23. The topological polar surface area (TPSA) is 94.0 Å². The molecule has 0 saturated carbocycles. The number of amides is 1. The number of carbonyl (C=O) groups excluding carboxylic acids is 1. The van der Waals surface area contributed by atoms with Gasteiger partial charge in [-0.2, -0.15) is 10.1 Å². The van der Waals surface area contributed by atoms with Crippen LogP contribution < -0.4 is 10.8 Å². The molecule has 2 N–H and O–H groups in total. The minimum atomic E-state index is -0.421. The van der Waals surface area contributed by atoms with Gasteiger partial charge in [-0.3, -0.25) is 9.63 Å². The summed E-state index contributed by atoms with van der Waals surface area (Å²) in [6.07, 6.45) is 3.53. The summed E-state index contributed by atoms with van der Waals surface area (Å²) >= 11 is 6.27. The third-order valence-electron chi connectivity index (χ3n) is 5.13. The van der Waals surface area contributed by atoms with E-state index in [9.17, 15) is 9.18 Å². The molecule has 4 aromatic rings. The van der Waals surface area contributed by atoms with Crippen LogP contribution in [0.25, 0.3) is 5.82 Å². The van der Waals surface area contributed by atoms with Gasteiger partial charge < -0.3 is 5.32 Å². The van der Waals surface area contributed by atoms with Gasteiger partial charge in [0.05, 0.1) is 18.5 Å². The van der Waals surface area contributed by atoms with Gasteiger partial charge in [0.15, 0.2) is 5.82 Å². The molecular formula is C25H24ClFN6O2. The molecule has 10 heteroatoms. The molecule has 2 aromatic carbocycles. The first-order valence-electron chi connectivity index (χ1n) is 11.0. The van der Waals surface area contributed by atoms with Gasteiger partial charge in [0, 0.05) is 23.9 Å². The van der Waals surface area contributed by atoms with Crippen LogP contribution in [0.3, 0.4) is 0 Å². The van der Waals surface area contributed by atoms with E-state index in [1.165, 1.54) is 12.3 Å². The highest BCUT2D eigenvalue weighted by atomic mass is 35.5. The number of hydrogen-bond acceptors (Lipinski definition) is 6. The molecule has 2 aromatic heterocycles. The van der Waals surface area contributed by atoms with Crippen molar-refractivity contribution in [2.24, 2.45) is 0 Å². The number of nitrogens with zero attached hydrogens (tertiary/aromatic N) is 4. The average Bonchev–Trinajstić information content (AvgIpc) is 3.35. The molecule has 1 amide bonds. The quantitative estimate of drug-likeness (QED) is 0.244. The van der Waals surface area contributed by atoms with Gasteiger partial charge in [-0.05, 0) is 41.8 Å². The van der Waals surface area contributed by atoms with Gasteiger partial charge >= 0.3 is 0 Å². The number of nitrogens with one attached hydrogen (secondary N) is 2. The van der Waals surface area contributed by atoms with Crippen molar-refractivity contribution in [3.8, 4) is 5.82 Å². The monoisotopic (exact) mass is 494 g/mol. The number of rotatable bonds is 9. The van der Waals surface area contributed by atoms with E-state index in [0.717, 1.165) is 5.69 Å². The lowest BCUT2D eigenvalue weighted by Crippen LogP contribution is -2.24. The zero-order valence-corrected chi connectivity index (χ0v) is 20.0. The first kappa shape index (κ1) is 24.3. The Morgan fingerprint density at radius 3 is 2.69 bits per heavy atom. The molecule has 0 unspecified atom stereocenters. The summed E-state index contributed by atoms with van der Waals surface area (Å²) in [5.74, 6) is 0.161. The number of carbonyl (C=O) groups is 1. The van der Waals surface area contributed by atoms with Crippen molar-refractivity contribution in [3.05, 3.63) is 94.7 Å². The van der Waals surface area contributed by atoms with Crippen molar-refractivity contribution in [3.63, 3.8) is 0 Å². The zero-order valence-electron chi connectivity index (χ0n) is 19.2. The predicted molar refractivity (Wildman–Crippen MR) is 131 cm³/mol. The van der Waals surface area contributed by atoms with E-state index in [4.69, 9.17) is 16.4 Å². The summed E-state index contributed by atoms with van der Waals surface area (Å²) in [5.41, 5.74) is 4.67. The van der Waals surface area contributed by atoms with Gasteiger partial charge in [-0.1, -0.05) is 49.7 Å². The fourth-order valence-corrected chi connectivity index (χ4v) is 3.40. The second-order valence-corrected chi connectivity index (χ2v) is 8.44. The van der Waals surface area contributed by atoms with Crippen LogP contribution in [0.5, 0.6) is 0 Å². The molecule has 0 atom stereocenters. The van der Waals surface area contributed by atoms with Crippen molar-refractivity contribution in [1.29, 1.82) is 0 Å². The van der Waals surface area contributed by atoms with E-state index in [0.29, 0.717) is 27.7 Å². The van der Waals surface area contributed by atoms with Crippen LogP contribution in [0.15, 0.2) is 67.0 Å². The molecule has 0 aliphatic rings. The molecule has 0 aliphatic heterocycles. The maximum absolute atomic E-state index is 14.6.